The fourth-order valence-electron chi connectivity index (χ4n) is 3.94. The molecule has 3 aromatic carbocycles. The molecule has 0 radical (unpaired) electrons. The molecule has 7 nitrogen and oxygen atoms in total. The minimum Gasteiger partial charge on any atom is -0.454 e. The van der Waals surface area contributed by atoms with Gasteiger partial charge in [0.05, 0.1) is 28.6 Å². The molecule has 0 aliphatic carbocycles. The van der Waals surface area contributed by atoms with E-state index in [4.69, 9.17) is 9.47 Å². The van der Waals surface area contributed by atoms with Crippen molar-refractivity contribution in [2.75, 3.05) is 24.0 Å². The van der Waals surface area contributed by atoms with Gasteiger partial charge in [0, 0.05) is 23.4 Å². The van der Waals surface area contributed by atoms with E-state index in [9.17, 15) is 10.1 Å². The second-order valence-electron chi connectivity index (χ2n) is 7.75. The van der Waals surface area contributed by atoms with Crippen LogP contribution in [0.5, 0.6) is 11.5 Å². The molecule has 0 unspecified atom stereocenters. The molecule has 33 heavy (non-hydrogen) atoms. The third kappa shape index (κ3) is 4.00. The number of nitrogens with one attached hydrogen (secondary N) is 3. The van der Waals surface area contributed by atoms with Crippen LogP contribution in [0.1, 0.15) is 29.2 Å². The van der Waals surface area contributed by atoms with E-state index in [0.717, 1.165) is 29.9 Å². The van der Waals surface area contributed by atoms with Crippen LogP contribution >= 0.6 is 0 Å². The fraction of sp³-hybridized carbons (Fsp3) is 0.154. The lowest BCUT2D eigenvalue weighted by molar-refractivity contribution is -0.110. The molecular formula is C26H22N4O3. The summed E-state index contributed by atoms with van der Waals surface area (Å²) in [5, 5.41) is 18.9. The average Bonchev–Trinajstić information content (AvgIpc) is 3.44. The van der Waals surface area contributed by atoms with Crippen LogP contribution in [-0.2, 0) is 11.3 Å². The van der Waals surface area contributed by atoms with E-state index >= 15 is 0 Å². The molecule has 0 aromatic heterocycles. The number of rotatable bonds is 6. The molecule has 0 bridgehead atoms. The Hall–Kier alpha value is -4.28. The van der Waals surface area contributed by atoms with Crippen LogP contribution in [-0.4, -0.2) is 19.2 Å². The molecule has 2 heterocycles. The van der Waals surface area contributed by atoms with E-state index in [1.165, 1.54) is 5.56 Å². The summed E-state index contributed by atoms with van der Waals surface area (Å²) in [6.45, 7) is 3.95. The summed E-state index contributed by atoms with van der Waals surface area (Å²) in [6, 6.07) is 21.0. The summed E-state index contributed by atoms with van der Waals surface area (Å²) in [4.78, 5) is 13.1. The number of fused-ring (bicyclic) bond motifs is 2. The van der Waals surface area contributed by atoms with Crippen molar-refractivity contribution >= 4 is 28.6 Å². The highest BCUT2D eigenvalue weighted by molar-refractivity contribution is 6.37. The lowest BCUT2D eigenvalue weighted by Crippen LogP contribution is -2.12. The number of carbonyl (C=O) groups is 1. The van der Waals surface area contributed by atoms with Crippen molar-refractivity contribution in [1.29, 1.82) is 5.26 Å². The van der Waals surface area contributed by atoms with Gasteiger partial charge >= 0.3 is 0 Å². The lowest BCUT2D eigenvalue weighted by atomic mass is 9.98. The monoisotopic (exact) mass is 438 g/mol. The summed E-state index contributed by atoms with van der Waals surface area (Å²) < 4.78 is 11.0. The Morgan fingerprint density at radius 3 is 2.67 bits per heavy atom. The number of ether oxygens (including phenoxy) is 2. The number of amides is 1. The molecule has 1 amide bonds. The van der Waals surface area contributed by atoms with Gasteiger partial charge in [-0.2, -0.15) is 5.26 Å². The molecule has 164 valence electrons. The highest BCUT2D eigenvalue weighted by atomic mass is 16.7. The van der Waals surface area contributed by atoms with Crippen molar-refractivity contribution < 1.29 is 14.3 Å². The first-order valence-electron chi connectivity index (χ1n) is 10.7. The topological polar surface area (TPSA) is 95.4 Å². The van der Waals surface area contributed by atoms with Crippen LogP contribution in [0.3, 0.4) is 0 Å². The molecule has 3 aromatic rings. The number of nitrogens with zero attached hydrogens (tertiary/aromatic N) is 1. The first-order valence-corrected chi connectivity index (χ1v) is 10.7. The van der Waals surface area contributed by atoms with Crippen molar-refractivity contribution in [1.82, 2.24) is 5.32 Å². The quantitative estimate of drug-likeness (QED) is 0.496. The maximum atomic E-state index is 13.1. The van der Waals surface area contributed by atoms with Gasteiger partial charge in [0.25, 0.3) is 5.91 Å². The Balaban J connectivity index is 1.60. The number of hydrogen-bond acceptors (Lipinski definition) is 6. The molecule has 5 rings (SSSR count). The Labute approximate surface area is 191 Å². The summed E-state index contributed by atoms with van der Waals surface area (Å²) >= 11 is 0. The van der Waals surface area contributed by atoms with E-state index in [2.05, 4.69) is 41.1 Å². The van der Waals surface area contributed by atoms with Gasteiger partial charge in [0.15, 0.2) is 11.5 Å². The third-order valence-electron chi connectivity index (χ3n) is 5.61. The summed E-state index contributed by atoms with van der Waals surface area (Å²) in [5.41, 5.74) is 5.82. The molecular weight excluding hydrogens is 416 g/mol. The number of nitriles is 1. The van der Waals surface area contributed by atoms with Gasteiger partial charge in [0.2, 0.25) is 6.79 Å². The molecule has 0 saturated heterocycles. The van der Waals surface area contributed by atoms with Crippen LogP contribution < -0.4 is 25.4 Å². The zero-order chi connectivity index (χ0) is 22.8. The SMILES string of the molecule is CCNCc1ccc(N/C(=C2\C(=O)Nc3cc(C#N)ccc32)c2ccc3c(c2)OCO3)cc1. The van der Waals surface area contributed by atoms with E-state index in [1.54, 1.807) is 18.2 Å². The Morgan fingerprint density at radius 1 is 1.06 bits per heavy atom. The van der Waals surface area contributed by atoms with Crippen LogP contribution in [0.2, 0.25) is 0 Å². The number of benzene rings is 3. The second kappa shape index (κ2) is 8.69. The smallest absolute Gasteiger partial charge is 0.258 e. The number of carbonyl (C=O) groups excluding carboxylic acids is 1. The number of hydrogen-bond donors (Lipinski definition) is 3. The predicted octanol–water partition coefficient (Wildman–Crippen LogP) is 4.33. The van der Waals surface area contributed by atoms with Gasteiger partial charge in [-0.1, -0.05) is 25.1 Å². The Morgan fingerprint density at radius 2 is 1.88 bits per heavy atom. The van der Waals surface area contributed by atoms with Crippen molar-refractivity contribution in [2.45, 2.75) is 13.5 Å². The van der Waals surface area contributed by atoms with Crippen LogP contribution in [0.4, 0.5) is 11.4 Å². The summed E-state index contributed by atoms with van der Waals surface area (Å²) in [5.74, 6) is 1.07. The largest absolute Gasteiger partial charge is 0.454 e. The van der Waals surface area contributed by atoms with Crippen LogP contribution in [0, 0.1) is 11.3 Å². The van der Waals surface area contributed by atoms with Gasteiger partial charge in [-0.25, -0.2) is 0 Å². The van der Waals surface area contributed by atoms with Gasteiger partial charge in [-0.05, 0) is 54.6 Å². The highest BCUT2D eigenvalue weighted by Gasteiger charge is 2.29. The van der Waals surface area contributed by atoms with Crippen molar-refractivity contribution in [3.8, 4) is 17.6 Å². The molecule has 2 aliphatic heterocycles. The average molecular weight is 438 g/mol. The summed E-state index contributed by atoms with van der Waals surface area (Å²) in [7, 11) is 0. The maximum absolute atomic E-state index is 13.1. The van der Waals surface area contributed by atoms with E-state index in [-0.39, 0.29) is 12.7 Å². The van der Waals surface area contributed by atoms with Gasteiger partial charge in [-0.3, -0.25) is 4.79 Å². The summed E-state index contributed by atoms with van der Waals surface area (Å²) in [6.07, 6.45) is 0. The van der Waals surface area contributed by atoms with E-state index < -0.39 is 0 Å². The number of anilines is 2. The minimum absolute atomic E-state index is 0.172. The second-order valence-corrected chi connectivity index (χ2v) is 7.75. The predicted molar refractivity (Wildman–Crippen MR) is 127 cm³/mol. The molecule has 3 N–H and O–H groups in total. The Bertz CT molecular complexity index is 1310. The van der Waals surface area contributed by atoms with Crippen LogP contribution in [0.15, 0.2) is 60.7 Å². The van der Waals surface area contributed by atoms with E-state index in [1.807, 2.05) is 30.3 Å². The maximum Gasteiger partial charge on any atom is 0.258 e. The van der Waals surface area contributed by atoms with E-state index in [0.29, 0.717) is 34.0 Å². The first-order chi connectivity index (χ1) is 16.2. The molecule has 7 heteroatoms. The highest BCUT2D eigenvalue weighted by Crippen LogP contribution is 2.40. The van der Waals surface area contributed by atoms with Gasteiger partial charge < -0.3 is 25.4 Å². The third-order valence-corrected chi connectivity index (χ3v) is 5.61. The van der Waals surface area contributed by atoms with Crippen molar-refractivity contribution in [2.24, 2.45) is 0 Å². The molecule has 0 fully saturated rings. The van der Waals surface area contributed by atoms with Crippen molar-refractivity contribution in [3.63, 3.8) is 0 Å². The zero-order valence-electron chi connectivity index (χ0n) is 18.1. The standard InChI is InChI=1S/C26H22N4O3/c1-2-28-14-16-3-7-19(8-4-16)29-25(18-6-10-22-23(12-18)33-15-32-22)24-20-9-5-17(13-27)11-21(20)30-26(24)31/h3-12,28-29H,2,14-15H2,1H3,(H,30,31)/b25-24-. The first kappa shape index (κ1) is 20.6. The molecule has 2 aliphatic rings. The van der Waals surface area contributed by atoms with Crippen LogP contribution in [0.25, 0.3) is 11.3 Å². The van der Waals surface area contributed by atoms with Crippen molar-refractivity contribution in [3.05, 3.63) is 82.9 Å². The minimum atomic E-state index is -0.232. The lowest BCUT2D eigenvalue weighted by Gasteiger charge is -2.16. The Kier molecular flexibility index (Phi) is 5.43. The molecule has 0 saturated carbocycles. The van der Waals surface area contributed by atoms with Gasteiger partial charge in [0.1, 0.15) is 0 Å². The van der Waals surface area contributed by atoms with Gasteiger partial charge in [-0.15, -0.1) is 0 Å². The normalized spacial score (nSPS) is 15.0. The molecule has 0 spiro atoms. The fourth-order valence-corrected chi connectivity index (χ4v) is 3.94. The molecule has 0 atom stereocenters. The zero-order valence-corrected chi connectivity index (χ0v) is 18.1.